The van der Waals surface area contributed by atoms with E-state index >= 15 is 0 Å². The quantitative estimate of drug-likeness (QED) is 0.635. The summed E-state index contributed by atoms with van der Waals surface area (Å²) in [4.78, 5) is 40.3. The highest BCUT2D eigenvalue weighted by atomic mass is 16.5. The fourth-order valence-corrected chi connectivity index (χ4v) is 2.55. The third kappa shape index (κ3) is 4.53. The van der Waals surface area contributed by atoms with Crippen molar-refractivity contribution < 1.29 is 23.5 Å². The first kappa shape index (κ1) is 19.1. The highest BCUT2D eigenvalue weighted by molar-refractivity contribution is 6.05. The number of para-hydroxylation sites is 1. The van der Waals surface area contributed by atoms with Crippen LogP contribution in [0.5, 0.6) is 0 Å². The number of ether oxygens (including phenoxy) is 1. The van der Waals surface area contributed by atoms with Crippen molar-refractivity contribution in [2.24, 2.45) is 0 Å². The van der Waals surface area contributed by atoms with Gasteiger partial charge in [0.05, 0.1) is 17.3 Å². The lowest BCUT2D eigenvalue weighted by molar-refractivity contribution is -0.123. The molecular formula is C20H19N3O5. The molecule has 0 unspecified atom stereocenters. The van der Waals surface area contributed by atoms with Crippen LogP contribution < -0.4 is 10.6 Å². The van der Waals surface area contributed by atoms with E-state index in [2.05, 4.69) is 15.6 Å². The van der Waals surface area contributed by atoms with E-state index in [0.717, 1.165) is 6.42 Å². The molecule has 3 rings (SSSR count). The number of hydrogen-bond donors (Lipinski definition) is 2. The van der Waals surface area contributed by atoms with Crippen LogP contribution in [0.3, 0.4) is 0 Å². The number of urea groups is 1. The van der Waals surface area contributed by atoms with Crippen LogP contribution in [0.1, 0.15) is 23.7 Å². The molecule has 2 N–H and O–H groups in total. The molecule has 0 aliphatic carbocycles. The number of benzene rings is 1. The van der Waals surface area contributed by atoms with Gasteiger partial charge in [-0.15, -0.1) is 0 Å². The highest BCUT2D eigenvalue weighted by Gasteiger charge is 2.18. The van der Waals surface area contributed by atoms with Gasteiger partial charge in [-0.1, -0.05) is 25.1 Å². The summed E-state index contributed by atoms with van der Waals surface area (Å²) in [6.45, 7) is 1.75. The van der Waals surface area contributed by atoms with Crippen LogP contribution in [0, 0.1) is 0 Å². The minimum Gasteiger partial charge on any atom is -0.463 e. The fraction of sp³-hybridized carbons (Fsp3) is 0.200. The first-order valence-corrected chi connectivity index (χ1v) is 8.77. The highest BCUT2D eigenvalue weighted by Crippen LogP contribution is 2.25. The molecule has 0 atom stereocenters. The minimum atomic E-state index is -0.716. The number of imide groups is 1. The third-order valence-electron chi connectivity index (χ3n) is 3.83. The molecule has 28 heavy (non-hydrogen) atoms. The van der Waals surface area contributed by atoms with Crippen LogP contribution in [0.4, 0.5) is 4.79 Å². The largest absolute Gasteiger partial charge is 0.463 e. The van der Waals surface area contributed by atoms with Crippen molar-refractivity contribution in [3.05, 3.63) is 54.3 Å². The predicted octanol–water partition coefficient (Wildman–Crippen LogP) is 2.89. The number of esters is 1. The minimum absolute atomic E-state index is 0.250. The van der Waals surface area contributed by atoms with Crippen LogP contribution in [0.25, 0.3) is 22.4 Å². The molecule has 1 aromatic carbocycles. The fourth-order valence-electron chi connectivity index (χ4n) is 2.55. The molecule has 3 aromatic rings. The summed E-state index contributed by atoms with van der Waals surface area (Å²) >= 11 is 0. The molecule has 0 aliphatic heterocycles. The molecule has 2 heterocycles. The summed E-state index contributed by atoms with van der Waals surface area (Å²) < 4.78 is 10.4. The molecule has 8 nitrogen and oxygen atoms in total. The number of carbonyl (C=O) groups is 3. The van der Waals surface area contributed by atoms with Gasteiger partial charge in [-0.05, 0) is 30.7 Å². The Balaban J connectivity index is 1.76. The van der Waals surface area contributed by atoms with Gasteiger partial charge in [-0.3, -0.25) is 10.1 Å². The average Bonchev–Trinajstić information content (AvgIpc) is 3.24. The predicted molar refractivity (Wildman–Crippen MR) is 102 cm³/mol. The Morgan fingerprint density at radius 1 is 1.14 bits per heavy atom. The van der Waals surface area contributed by atoms with Gasteiger partial charge < -0.3 is 14.5 Å². The Bertz CT molecular complexity index is 998. The number of nitrogens with zero attached hydrogens (tertiary/aromatic N) is 1. The monoisotopic (exact) mass is 381 g/mol. The number of rotatable bonds is 6. The maximum absolute atomic E-state index is 12.6. The van der Waals surface area contributed by atoms with E-state index in [4.69, 9.17) is 9.15 Å². The molecule has 144 valence electrons. The van der Waals surface area contributed by atoms with Gasteiger partial charge in [0.2, 0.25) is 0 Å². The van der Waals surface area contributed by atoms with Crippen molar-refractivity contribution in [2.75, 3.05) is 13.2 Å². The number of amides is 3. The van der Waals surface area contributed by atoms with Gasteiger partial charge >= 0.3 is 12.0 Å². The maximum atomic E-state index is 12.6. The maximum Gasteiger partial charge on any atom is 0.339 e. The summed E-state index contributed by atoms with van der Waals surface area (Å²) in [6.07, 6.45) is 2.25. The summed E-state index contributed by atoms with van der Waals surface area (Å²) in [7, 11) is 0. The molecule has 3 amide bonds. The second-order valence-corrected chi connectivity index (χ2v) is 5.93. The van der Waals surface area contributed by atoms with E-state index in [1.165, 1.54) is 6.26 Å². The third-order valence-corrected chi connectivity index (χ3v) is 3.83. The summed E-state index contributed by atoms with van der Waals surface area (Å²) in [5.41, 5.74) is 1.31. The summed E-state index contributed by atoms with van der Waals surface area (Å²) in [5.74, 6) is -0.910. The average molecular weight is 381 g/mol. The standard InChI is InChI=1S/C20H19N3O5/c1-2-9-21-20(26)23-18(24)12-28-19(25)14-11-16(17-8-5-10-27-17)22-15-7-4-3-6-13(14)15/h3-8,10-11H,2,9,12H2,1H3,(H2,21,23,24,26). The molecule has 0 saturated carbocycles. The van der Waals surface area contributed by atoms with Crippen LogP contribution in [0.15, 0.2) is 53.1 Å². The van der Waals surface area contributed by atoms with E-state index in [9.17, 15) is 14.4 Å². The Morgan fingerprint density at radius 3 is 2.71 bits per heavy atom. The van der Waals surface area contributed by atoms with Gasteiger partial charge in [-0.2, -0.15) is 0 Å². The molecule has 0 radical (unpaired) electrons. The van der Waals surface area contributed by atoms with Crippen LogP contribution in [-0.2, 0) is 9.53 Å². The Morgan fingerprint density at radius 2 is 1.96 bits per heavy atom. The number of carbonyl (C=O) groups excluding carboxylic acids is 3. The van der Waals surface area contributed by atoms with E-state index in [0.29, 0.717) is 28.9 Å². The molecule has 2 aromatic heterocycles. The lowest BCUT2D eigenvalue weighted by Gasteiger charge is -2.09. The number of fused-ring (bicyclic) bond motifs is 1. The smallest absolute Gasteiger partial charge is 0.339 e. The lowest BCUT2D eigenvalue weighted by atomic mass is 10.1. The number of nitrogens with one attached hydrogen (secondary N) is 2. The zero-order chi connectivity index (χ0) is 19.9. The van der Waals surface area contributed by atoms with Crippen LogP contribution >= 0.6 is 0 Å². The number of furan rings is 1. The van der Waals surface area contributed by atoms with Crippen molar-refractivity contribution in [1.29, 1.82) is 0 Å². The molecule has 0 spiro atoms. The topological polar surface area (TPSA) is 111 Å². The molecule has 0 bridgehead atoms. The lowest BCUT2D eigenvalue weighted by Crippen LogP contribution is -2.41. The second-order valence-electron chi connectivity index (χ2n) is 5.93. The van der Waals surface area contributed by atoms with Gasteiger partial charge in [0.1, 0.15) is 5.69 Å². The molecule has 0 aliphatic rings. The van der Waals surface area contributed by atoms with E-state index in [1.807, 2.05) is 6.92 Å². The molecule has 0 saturated heterocycles. The van der Waals surface area contributed by atoms with Crippen molar-refractivity contribution in [1.82, 2.24) is 15.6 Å². The Hall–Kier alpha value is -3.68. The van der Waals surface area contributed by atoms with Gasteiger partial charge in [0.15, 0.2) is 12.4 Å². The Labute approximate surface area is 160 Å². The Kier molecular flexibility index (Phi) is 6.01. The van der Waals surface area contributed by atoms with Gasteiger partial charge in [0, 0.05) is 11.9 Å². The molecule has 0 fully saturated rings. The van der Waals surface area contributed by atoms with Gasteiger partial charge in [-0.25, -0.2) is 14.6 Å². The number of aromatic nitrogens is 1. The summed E-state index contributed by atoms with van der Waals surface area (Å²) in [6, 6.07) is 11.5. The summed E-state index contributed by atoms with van der Waals surface area (Å²) in [5, 5.41) is 5.19. The zero-order valence-electron chi connectivity index (χ0n) is 15.2. The van der Waals surface area contributed by atoms with E-state index < -0.39 is 24.5 Å². The first-order chi connectivity index (χ1) is 13.6. The normalized spacial score (nSPS) is 10.5. The van der Waals surface area contributed by atoms with Crippen molar-refractivity contribution in [3.63, 3.8) is 0 Å². The second kappa shape index (κ2) is 8.81. The van der Waals surface area contributed by atoms with Crippen LogP contribution in [0.2, 0.25) is 0 Å². The molecule has 8 heteroatoms. The van der Waals surface area contributed by atoms with Crippen LogP contribution in [-0.4, -0.2) is 36.0 Å². The van der Waals surface area contributed by atoms with Crippen molar-refractivity contribution >= 4 is 28.8 Å². The number of hydrogen-bond acceptors (Lipinski definition) is 6. The zero-order valence-corrected chi connectivity index (χ0v) is 15.2. The molecular weight excluding hydrogens is 362 g/mol. The number of pyridine rings is 1. The van der Waals surface area contributed by atoms with E-state index in [-0.39, 0.29) is 5.56 Å². The van der Waals surface area contributed by atoms with Crippen molar-refractivity contribution in [3.8, 4) is 11.5 Å². The van der Waals surface area contributed by atoms with E-state index in [1.54, 1.807) is 42.5 Å². The van der Waals surface area contributed by atoms with Crippen molar-refractivity contribution in [2.45, 2.75) is 13.3 Å². The first-order valence-electron chi connectivity index (χ1n) is 8.77. The SMILES string of the molecule is CCCNC(=O)NC(=O)COC(=O)c1cc(-c2ccco2)nc2ccccc12. The van der Waals surface area contributed by atoms with Gasteiger partial charge in [0.25, 0.3) is 5.91 Å².